The molecule has 2 rings (SSSR count). The fourth-order valence-electron chi connectivity index (χ4n) is 2.67. The van der Waals surface area contributed by atoms with Crippen LogP contribution in [0, 0.1) is 0 Å². The van der Waals surface area contributed by atoms with Crippen LogP contribution in [-0.2, 0) is 14.9 Å². The molecule has 1 atom stereocenters. The molecule has 2 aliphatic rings. The number of rotatable bonds is 4. The average molecular weight is 292 g/mol. The van der Waals surface area contributed by atoms with Crippen LogP contribution in [-0.4, -0.2) is 55.8 Å². The molecule has 0 amide bonds. The van der Waals surface area contributed by atoms with Crippen molar-refractivity contribution in [2.75, 3.05) is 26.3 Å². The zero-order chi connectivity index (χ0) is 13.9. The van der Waals surface area contributed by atoms with Gasteiger partial charge in [-0.1, -0.05) is 6.42 Å². The first-order valence-corrected chi connectivity index (χ1v) is 8.44. The molecule has 6 nitrogen and oxygen atoms in total. The molecule has 1 unspecified atom stereocenters. The molecule has 2 aliphatic heterocycles. The number of hydrogen-bond acceptors (Lipinski definition) is 4. The van der Waals surface area contributed by atoms with Crippen LogP contribution < -0.4 is 4.72 Å². The lowest BCUT2D eigenvalue weighted by atomic mass is 9.95. The van der Waals surface area contributed by atoms with Crippen molar-refractivity contribution in [2.45, 2.75) is 50.7 Å². The monoisotopic (exact) mass is 292 g/mol. The van der Waals surface area contributed by atoms with Crippen LogP contribution in [0.2, 0.25) is 0 Å². The van der Waals surface area contributed by atoms with E-state index in [1.54, 1.807) is 0 Å². The molecule has 0 bridgehead atoms. The third-order valence-electron chi connectivity index (χ3n) is 4.06. The summed E-state index contributed by atoms with van der Waals surface area (Å²) in [7, 11) is -3.49. The summed E-state index contributed by atoms with van der Waals surface area (Å²) < 4.78 is 33.8. The van der Waals surface area contributed by atoms with Crippen LogP contribution in [0.15, 0.2) is 0 Å². The van der Waals surface area contributed by atoms with E-state index in [1.807, 2.05) is 6.92 Å². The molecule has 0 aromatic rings. The molecule has 0 aliphatic carbocycles. The van der Waals surface area contributed by atoms with E-state index in [0.717, 1.165) is 19.3 Å². The van der Waals surface area contributed by atoms with E-state index in [1.165, 1.54) is 4.31 Å². The van der Waals surface area contributed by atoms with E-state index in [-0.39, 0.29) is 12.6 Å². The van der Waals surface area contributed by atoms with Crippen molar-refractivity contribution in [1.29, 1.82) is 0 Å². The Morgan fingerprint density at radius 2 is 2.05 bits per heavy atom. The van der Waals surface area contributed by atoms with Gasteiger partial charge in [0, 0.05) is 45.2 Å². The van der Waals surface area contributed by atoms with Gasteiger partial charge in [-0.2, -0.15) is 17.4 Å². The van der Waals surface area contributed by atoms with Crippen molar-refractivity contribution in [3.8, 4) is 0 Å². The van der Waals surface area contributed by atoms with Gasteiger partial charge in [-0.05, 0) is 19.8 Å². The highest BCUT2D eigenvalue weighted by Gasteiger charge is 2.34. The maximum atomic E-state index is 12.3. The minimum atomic E-state index is -3.49. The fourth-order valence-corrected chi connectivity index (χ4v) is 4.23. The molecule has 0 aromatic carbocycles. The van der Waals surface area contributed by atoms with Crippen LogP contribution in [0.5, 0.6) is 0 Å². The van der Waals surface area contributed by atoms with Gasteiger partial charge in [0.2, 0.25) is 0 Å². The summed E-state index contributed by atoms with van der Waals surface area (Å²) in [6.45, 7) is 3.54. The second-order valence-electron chi connectivity index (χ2n) is 5.62. The maximum Gasteiger partial charge on any atom is 0.279 e. The second-order valence-corrected chi connectivity index (χ2v) is 7.33. The van der Waals surface area contributed by atoms with Crippen molar-refractivity contribution in [2.24, 2.45) is 0 Å². The van der Waals surface area contributed by atoms with Gasteiger partial charge in [-0.3, -0.25) is 0 Å². The molecule has 2 saturated heterocycles. The van der Waals surface area contributed by atoms with Crippen molar-refractivity contribution in [3.05, 3.63) is 0 Å². The van der Waals surface area contributed by atoms with Crippen LogP contribution >= 0.6 is 0 Å². The first-order chi connectivity index (χ1) is 8.93. The Kier molecular flexibility index (Phi) is 4.84. The van der Waals surface area contributed by atoms with Gasteiger partial charge >= 0.3 is 0 Å². The largest absolute Gasteiger partial charge is 0.388 e. The lowest BCUT2D eigenvalue weighted by molar-refractivity contribution is -0.0590. The average Bonchev–Trinajstić information content (AvgIpc) is 2.38. The fraction of sp³-hybridized carbons (Fsp3) is 1.00. The molecule has 0 aromatic heterocycles. The third-order valence-corrected chi connectivity index (χ3v) is 5.73. The molecule has 112 valence electrons. The van der Waals surface area contributed by atoms with Gasteiger partial charge in [0.1, 0.15) is 0 Å². The first kappa shape index (κ1) is 15.2. The Bertz CT molecular complexity index is 393. The van der Waals surface area contributed by atoms with Crippen molar-refractivity contribution >= 4 is 10.2 Å². The number of nitrogens with zero attached hydrogens (tertiary/aromatic N) is 1. The predicted octanol–water partition coefficient (Wildman–Crippen LogP) is 0.237. The van der Waals surface area contributed by atoms with Crippen LogP contribution in [0.3, 0.4) is 0 Å². The molecular weight excluding hydrogens is 268 g/mol. The van der Waals surface area contributed by atoms with E-state index in [9.17, 15) is 13.5 Å². The zero-order valence-corrected chi connectivity index (χ0v) is 12.3. The maximum absolute atomic E-state index is 12.3. The second kappa shape index (κ2) is 6.05. The van der Waals surface area contributed by atoms with Crippen LogP contribution in [0.1, 0.15) is 39.0 Å². The Balaban J connectivity index is 1.93. The predicted molar refractivity (Wildman–Crippen MR) is 71.9 cm³/mol. The highest BCUT2D eigenvalue weighted by Crippen LogP contribution is 2.22. The van der Waals surface area contributed by atoms with Crippen LogP contribution in [0.4, 0.5) is 0 Å². The number of nitrogens with one attached hydrogen (secondary N) is 1. The molecule has 0 radical (unpaired) electrons. The van der Waals surface area contributed by atoms with E-state index in [0.29, 0.717) is 32.6 Å². The summed E-state index contributed by atoms with van der Waals surface area (Å²) in [5.41, 5.74) is -0.968. The Hall–Kier alpha value is -0.210. The van der Waals surface area contributed by atoms with E-state index in [2.05, 4.69) is 4.72 Å². The molecular formula is C12H24N2O4S. The topological polar surface area (TPSA) is 78.9 Å². The van der Waals surface area contributed by atoms with Gasteiger partial charge in [0.05, 0.1) is 5.60 Å². The Morgan fingerprint density at radius 3 is 2.68 bits per heavy atom. The molecule has 2 N–H and O–H groups in total. The van der Waals surface area contributed by atoms with Crippen LogP contribution in [0.25, 0.3) is 0 Å². The zero-order valence-electron chi connectivity index (χ0n) is 11.5. The van der Waals surface area contributed by atoms with Crippen molar-refractivity contribution < 1.29 is 18.3 Å². The molecule has 7 heteroatoms. The van der Waals surface area contributed by atoms with E-state index >= 15 is 0 Å². The lowest BCUT2D eigenvalue weighted by Gasteiger charge is -2.35. The van der Waals surface area contributed by atoms with E-state index in [4.69, 9.17) is 4.74 Å². The normalized spacial score (nSPS) is 29.3. The SMILES string of the molecule is CC1CCCCN1S(=O)(=O)NCC1(O)CCOCC1. The number of hydrogen-bond donors (Lipinski definition) is 2. The summed E-state index contributed by atoms with van der Waals surface area (Å²) >= 11 is 0. The number of piperidine rings is 1. The van der Waals surface area contributed by atoms with Gasteiger partial charge in [0.25, 0.3) is 10.2 Å². The van der Waals surface area contributed by atoms with Crippen molar-refractivity contribution in [1.82, 2.24) is 9.03 Å². The highest BCUT2D eigenvalue weighted by atomic mass is 32.2. The summed E-state index contributed by atoms with van der Waals surface area (Å²) in [5.74, 6) is 0. The molecule has 0 saturated carbocycles. The molecule has 2 heterocycles. The standard InChI is InChI=1S/C12H24N2O4S/c1-11-4-2-3-7-14(11)19(16,17)13-10-12(15)5-8-18-9-6-12/h11,13,15H,2-10H2,1H3. The summed E-state index contributed by atoms with van der Waals surface area (Å²) in [4.78, 5) is 0. The van der Waals surface area contributed by atoms with Gasteiger partial charge < -0.3 is 9.84 Å². The third kappa shape index (κ3) is 3.88. The minimum absolute atomic E-state index is 0.0376. The van der Waals surface area contributed by atoms with E-state index < -0.39 is 15.8 Å². The lowest BCUT2D eigenvalue weighted by Crippen LogP contribution is -2.53. The summed E-state index contributed by atoms with van der Waals surface area (Å²) in [5, 5.41) is 10.3. The van der Waals surface area contributed by atoms with Gasteiger partial charge in [-0.25, -0.2) is 0 Å². The summed E-state index contributed by atoms with van der Waals surface area (Å²) in [6.07, 6.45) is 3.84. The quantitative estimate of drug-likeness (QED) is 0.778. The summed E-state index contributed by atoms with van der Waals surface area (Å²) in [6, 6.07) is 0.0376. The molecule has 2 fully saturated rings. The molecule has 0 spiro atoms. The number of ether oxygens (including phenoxy) is 1. The van der Waals surface area contributed by atoms with Gasteiger partial charge in [0.15, 0.2) is 0 Å². The van der Waals surface area contributed by atoms with Gasteiger partial charge in [-0.15, -0.1) is 0 Å². The highest BCUT2D eigenvalue weighted by molar-refractivity contribution is 7.87. The molecule has 19 heavy (non-hydrogen) atoms. The number of aliphatic hydroxyl groups is 1. The van der Waals surface area contributed by atoms with Crippen molar-refractivity contribution in [3.63, 3.8) is 0 Å². The Labute approximate surface area is 115 Å². The smallest absolute Gasteiger partial charge is 0.279 e. The minimum Gasteiger partial charge on any atom is -0.388 e. The first-order valence-electron chi connectivity index (χ1n) is 7.00. The Morgan fingerprint density at radius 1 is 1.37 bits per heavy atom.